The van der Waals surface area contributed by atoms with Crippen LogP contribution in [0.3, 0.4) is 0 Å². The van der Waals surface area contributed by atoms with Crippen LogP contribution in [0.5, 0.6) is 0 Å². The highest BCUT2D eigenvalue weighted by Crippen LogP contribution is 2.71. The van der Waals surface area contributed by atoms with Crippen molar-refractivity contribution in [1.82, 2.24) is 0 Å². The zero-order valence-corrected chi connectivity index (χ0v) is 24.7. The molecule has 4 aliphatic carbocycles. The highest BCUT2D eigenvalue weighted by molar-refractivity contribution is 6.05. The maximum absolute atomic E-state index is 14.1. The molecule has 0 bridgehead atoms. The number of aliphatic hydroxyl groups is 3. The summed E-state index contributed by atoms with van der Waals surface area (Å²) in [6, 6.07) is 0. The molecule has 218 valence electrons. The molecule has 4 aliphatic rings. The largest absolute Gasteiger partial charge is 0.469 e. The normalized spacial score (nSPS) is 41.7. The Morgan fingerprint density at radius 3 is 2.33 bits per heavy atom. The molecule has 3 N–H and O–H groups in total. The summed E-state index contributed by atoms with van der Waals surface area (Å²) >= 11 is 0. The Kier molecular flexibility index (Phi) is 7.18. The van der Waals surface area contributed by atoms with Crippen LogP contribution in [0.4, 0.5) is 0 Å². The van der Waals surface area contributed by atoms with Crippen molar-refractivity contribution >= 4 is 23.3 Å². The van der Waals surface area contributed by atoms with Crippen LogP contribution in [0, 0.1) is 39.4 Å². The molecule has 0 saturated heterocycles. The predicted octanol–water partition coefficient (Wildman–Crippen LogP) is 3.33. The summed E-state index contributed by atoms with van der Waals surface area (Å²) in [7, 11) is 1.26. The lowest BCUT2D eigenvalue weighted by atomic mass is 9.42. The number of esters is 1. The van der Waals surface area contributed by atoms with Crippen molar-refractivity contribution in [3.05, 3.63) is 11.1 Å². The first-order valence-electron chi connectivity index (χ1n) is 14.3. The lowest BCUT2D eigenvalue weighted by molar-refractivity contribution is -0.150. The second-order valence-electron chi connectivity index (χ2n) is 14.4. The zero-order chi connectivity index (χ0) is 29.5. The van der Waals surface area contributed by atoms with Crippen LogP contribution >= 0.6 is 0 Å². The fourth-order valence-corrected chi connectivity index (χ4v) is 9.35. The SMILES string of the molecule is COC(=O)C(C)CC(=O)C[C@](C)(O)[C@H]1CC(=O)[C@@]2(C)C3=C(C(=O)C[C@]12C)[C@@]1(C)CC[C@H](O)C(C)(C)[C@@H]1C[C@@H]3O. The third kappa shape index (κ3) is 4.11. The standard InChI is InChI=1S/C31H46O8/c1-16(26(37)39-8)11-17(32)14-30(6,38)21-13-23(36)31(7)25-18(33)12-20-27(2,3)22(35)9-10-28(20,4)24(25)19(34)15-29(21,31)5/h16,18,20-22,33,35,38H,9-15H2,1-8H3/t16?,18-,20-,21-,22-,28-,29+,30-,31-/m0/s1. The lowest BCUT2D eigenvalue weighted by Crippen LogP contribution is -2.61. The Morgan fingerprint density at radius 2 is 1.74 bits per heavy atom. The molecule has 0 radical (unpaired) electrons. The molecule has 0 amide bonds. The maximum Gasteiger partial charge on any atom is 0.308 e. The van der Waals surface area contributed by atoms with Gasteiger partial charge in [0.05, 0.1) is 36.3 Å². The van der Waals surface area contributed by atoms with E-state index in [0.717, 1.165) is 0 Å². The van der Waals surface area contributed by atoms with Crippen LogP contribution in [0.2, 0.25) is 0 Å². The molecule has 0 aromatic heterocycles. The minimum Gasteiger partial charge on any atom is -0.469 e. The van der Waals surface area contributed by atoms with Gasteiger partial charge in [-0.1, -0.05) is 34.6 Å². The van der Waals surface area contributed by atoms with Crippen LogP contribution in [-0.4, -0.2) is 63.6 Å². The molecule has 2 fully saturated rings. The molecule has 9 atom stereocenters. The van der Waals surface area contributed by atoms with Gasteiger partial charge in [-0.25, -0.2) is 0 Å². The van der Waals surface area contributed by atoms with E-state index < -0.39 is 57.3 Å². The minimum absolute atomic E-state index is 0.0129. The molecule has 4 rings (SSSR count). The van der Waals surface area contributed by atoms with E-state index in [4.69, 9.17) is 4.74 Å². The third-order valence-electron chi connectivity index (χ3n) is 11.7. The summed E-state index contributed by atoms with van der Waals surface area (Å²) in [6.45, 7) is 12.8. The van der Waals surface area contributed by atoms with Crippen molar-refractivity contribution in [2.24, 2.45) is 39.4 Å². The Bertz CT molecular complexity index is 1130. The molecule has 8 heteroatoms. The van der Waals surface area contributed by atoms with Crippen molar-refractivity contribution in [2.75, 3.05) is 7.11 Å². The minimum atomic E-state index is -1.60. The molecule has 0 heterocycles. The number of hydrogen-bond donors (Lipinski definition) is 3. The number of Topliss-reactive ketones (excluding diaryl/α,β-unsaturated/α-hetero) is 3. The number of ether oxygens (including phenoxy) is 1. The Labute approximate surface area is 231 Å². The monoisotopic (exact) mass is 546 g/mol. The number of allylic oxidation sites excluding steroid dienone is 1. The van der Waals surface area contributed by atoms with E-state index in [9.17, 15) is 34.5 Å². The summed E-state index contributed by atoms with van der Waals surface area (Å²) in [5.41, 5.74) is -3.85. The summed E-state index contributed by atoms with van der Waals surface area (Å²) in [5, 5.41) is 34.2. The van der Waals surface area contributed by atoms with Gasteiger partial charge in [0, 0.05) is 37.2 Å². The van der Waals surface area contributed by atoms with Crippen molar-refractivity contribution in [3.8, 4) is 0 Å². The molecule has 8 nitrogen and oxygen atoms in total. The Hall–Kier alpha value is -1.90. The molecule has 0 aliphatic heterocycles. The van der Waals surface area contributed by atoms with Gasteiger partial charge < -0.3 is 20.1 Å². The van der Waals surface area contributed by atoms with E-state index in [1.54, 1.807) is 6.92 Å². The van der Waals surface area contributed by atoms with Crippen LogP contribution in [0.25, 0.3) is 0 Å². The topological polar surface area (TPSA) is 138 Å². The summed E-state index contributed by atoms with van der Waals surface area (Å²) < 4.78 is 4.71. The van der Waals surface area contributed by atoms with Crippen molar-refractivity contribution in [2.45, 2.75) is 111 Å². The zero-order valence-electron chi connectivity index (χ0n) is 24.7. The quantitative estimate of drug-likeness (QED) is 0.431. The summed E-state index contributed by atoms with van der Waals surface area (Å²) in [5.74, 6) is -2.57. The molecular formula is C31H46O8. The van der Waals surface area contributed by atoms with Crippen molar-refractivity contribution in [1.29, 1.82) is 0 Å². The van der Waals surface area contributed by atoms with Gasteiger partial charge in [0.2, 0.25) is 0 Å². The van der Waals surface area contributed by atoms with Gasteiger partial charge >= 0.3 is 5.97 Å². The Morgan fingerprint density at radius 1 is 1.13 bits per heavy atom. The molecular weight excluding hydrogens is 500 g/mol. The average Bonchev–Trinajstić information content (AvgIpc) is 3.03. The number of fused-ring (bicyclic) bond motifs is 4. The van der Waals surface area contributed by atoms with Gasteiger partial charge in [-0.15, -0.1) is 0 Å². The maximum atomic E-state index is 14.1. The van der Waals surface area contributed by atoms with Gasteiger partial charge in [-0.05, 0) is 60.8 Å². The fourth-order valence-electron chi connectivity index (χ4n) is 9.35. The Balaban J connectivity index is 1.75. The van der Waals surface area contributed by atoms with E-state index in [1.807, 2.05) is 34.6 Å². The van der Waals surface area contributed by atoms with Crippen LogP contribution < -0.4 is 0 Å². The first kappa shape index (κ1) is 30.1. The number of hydrogen-bond acceptors (Lipinski definition) is 8. The first-order chi connectivity index (χ1) is 17.8. The fraction of sp³-hybridized carbons (Fsp3) is 0.806. The average molecular weight is 547 g/mol. The molecule has 0 aromatic rings. The number of carbonyl (C=O) groups is 4. The first-order valence-corrected chi connectivity index (χ1v) is 14.3. The van der Waals surface area contributed by atoms with E-state index in [-0.39, 0.29) is 49.0 Å². The van der Waals surface area contributed by atoms with Crippen LogP contribution in [0.15, 0.2) is 11.1 Å². The number of ketones is 3. The van der Waals surface area contributed by atoms with Gasteiger partial charge in [-0.2, -0.15) is 0 Å². The van der Waals surface area contributed by atoms with E-state index >= 15 is 0 Å². The summed E-state index contributed by atoms with van der Waals surface area (Å²) in [4.78, 5) is 52.8. The van der Waals surface area contributed by atoms with E-state index in [1.165, 1.54) is 14.0 Å². The van der Waals surface area contributed by atoms with Crippen molar-refractivity contribution in [3.63, 3.8) is 0 Å². The lowest BCUT2D eigenvalue weighted by Gasteiger charge is -2.62. The third-order valence-corrected chi connectivity index (χ3v) is 11.7. The highest BCUT2D eigenvalue weighted by atomic mass is 16.5. The smallest absolute Gasteiger partial charge is 0.308 e. The van der Waals surface area contributed by atoms with Gasteiger partial charge in [0.1, 0.15) is 11.6 Å². The van der Waals surface area contributed by atoms with Gasteiger partial charge in [0.15, 0.2) is 5.78 Å². The van der Waals surface area contributed by atoms with E-state index in [2.05, 4.69) is 0 Å². The predicted molar refractivity (Wildman–Crippen MR) is 143 cm³/mol. The second kappa shape index (κ2) is 9.31. The van der Waals surface area contributed by atoms with Gasteiger partial charge in [-0.3, -0.25) is 19.2 Å². The summed E-state index contributed by atoms with van der Waals surface area (Å²) in [6.07, 6.45) is -0.432. The molecule has 0 aromatic carbocycles. The number of methoxy groups -OCH3 is 1. The second-order valence-corrected chi connectivity index (χ2v) is 14.4. The van der Waals surface area contributed by atoms with E-state index in [0.29, 0.717) is 30.4 Å². The molecule has 0 spiro atoms. The number of aliphatic hydroxyl groups excluding tert-OH is 2. The molecule has 2 saturated carbocycles. The van der Waals surface area contributed by atoms with Crippen molar-refractivity contribution < 1.29 is 39.2 Å². The van der Waals surface area contributed by atoms with Crippen LogP contribution in [0.1, 0.15) is 93.4 Å². The van der Waals surface area contributed by atoms with Crippen LogP contribution in [-0.2, 0) is 23.9 Å². The van der Waals surface area contributed by atoms with Gasteiger partial charge in [0.25, 0.3) is 0 Å². The number of carbonyl (C=O) groups excluding carboxylic acids is 4. The molecule has 1 unspecified atom stereocenters. The highest BCUT2D eigenvalue weighted by Gasteiger charge is 2.71. The molecule has 39 heavy (non-hydrogen) atoms. The number of rotatable bonds is 6.